The Balaban J connectivity index is 2.23. The Morgan fingerprint density at radius 1 is 1.18 bits per heavy atom. The number of hydrogen-bond acceptors (Lipinski definition) is 4. The third kappa shape index (κ3) is 2.75. The Bertz CT molecular complexity index is 388. The zero-order valence-electron chi connectivity index (χ0n) is 10.7. The Kier molecular flexibility index (Phi) is 3.94. The maximum atomic E-state index is 5.82. The van der Waals surface area contributed by atoms with Gasteiger partial charge in [-0.2, -0.15) is 5.10 Å². The summed E-state index contributed by atoms with van der Waals surface area (Å²) in [7, 11) is 0. The molecule has 2 N–H and O–H groups in total. The molecule has 1 fully saturated rings. The highest BCUT2D eigenvalue weighted by atomic mass is 16.5. The normalized spacial score (nSPS) is 15.0. The largest absolute Gasteiger partial charge is 0.476 e. The molecule has 1 aromatic rings. The lowest BCUT2D eigenvalue weighted by Gasteiger charge is -2.14. The number of aryl methyl sites for hydroxylation is 1. The molecule has 1 aliphatic rings. The van der Waals surface area contributed by atoms with Crippen LogP contribution in [0.3, 0.4) is 0 Å². The van der Waals surface area contributed by atoms with Crippen molar-refractivity contribution in [2.45, 2.75) is 46.1 Å². The molecule has 0 aromatic carbocycles. The van der Waals surface area contributed by atoms with E-state index in [0.29, 0.717) is 12.4 Å². The molecular weight excluding hydrogens is 214 g/mol. The van der Waals surface area contributed by atoms with Gasteiger partial charge < -0.3 is 10.5 Å². The minimum Gasteiger partial charge on any atom is -0.476 e. The maximum absolute atomic E-state index is 5.82. The summed E-state index contributed by atoms with van der Waals surface area (Å²) in [4.78, 5) is 0. The van der Waals surface area contributed by atoms with Crippen LogP contribution >= 0.6 is 0 Å². The first-order valence-electron chi connectivity index (χ1n) is 6.50. The van der Waals surface area contributed by atoms with Gasteiger partial charge >= 0.3 is 0 Å². The molecule has 0 bridgehead atoms. The van der Waals surface area contributed by atoms with Crippen LogP contribution in [-0.4, -0.2) is 16.8 Å². The van der Waals surface area contributed by atoms with E-state index in [-0.39, 0.29) is 0 Å². The second-order valence-electron chi connectivity index (χ2n) is 4.57. The first kappa shape index (κ1) is 12.3. The van der Waals surface area contributed by atoms with Gasteiger partial charge in [-0.05, 0) is 37.2 Å². The van der Waals surface area contributed by atoms with E-state index >= 15 is 0 Å². The van der Waals surface area contributed by atoms with Gasteiger partial charge in [-0.1, -0.05) is 13.8 Å². The second-order valence-corrected chi connectivity index (χ2v) is 4.57. The zero-order chi connectivity index (χ0) is 12.3. The summed E-state index contributed by atoms with van der Waals surface area (Å²) in [6.07, 6.45) is 4.38. The average Bonchev–Trinajstić information content (AvgIpc) is 3.18. The van der Waals surface area contributed by atoms with Crippen molar-refractivity contribution in [3.63, 3.8) is 0 Å². The van der Waals surface area contributed by atoms with Crippen LogP contribution in [0.2, 0.25) is 0 Å². The molecule has 0 saturated heterocycles. The molecule has 0 atom stereocenters. The third-order valence-corrected chi connectivity index (χ3v) is 3.28. The van der Waals surface area contributed by atoms with Crippen LogP contribution in [0, 0.1) is 5.92 Å². The van der Waals surface area contributed by atoms with E-state index in [4.69, 9.17) is 10.5 Å². The average molecular weight is 235 g/mol. The molecule has 4 heteroatoms. The van der Waals surface area contributed by atoms with Gasteiger partial charge in [0, 0.05) is 12.1 Å². The molecule has 1 aliphatic carbocycles. The number of nitrogens with two attached hydrogens (primary N) is 1. The van der Waals surface area contributed by atoms with Crippen molar-refractivity contribution >= 4 is 0 Å². The first-order chi connectivity index (χ1) is 8.30. The maximum Gasteiger partial charge on any atom is 0.238 e. The lowest BCUT2D eigenvalue weighted by molar-refractivity contribution is 0.281. The van der Waals surface area contributed by atoms with E-state index < -0.39 is 0 Å². The Hall–Kier alpha value is -1.16. The molecule has 94 valence electrons. The molecule has 0 aliphatic heterocycles. The van der Waals surface area contributed by atoms with Crippen molar-refractivity contribution in [1.29, 1.82) is 0 Å². The smallest absolute Gasteiger partial charge is 0.238 e. The van der Waals surface area contributed by atoms with Gasteiger partial charge in [0.2, 0.25) is 5.88 Å². The zero-order valence-corrected chi connectivity index (χ0v) is 10.7. The number of nitrogens with zero attached hydrogens (tertiary/aromatic N) is 2. The molecule has 17 heavy (non-hydrogen) atoms. The van der Waals surface area contributed by atoms with Crippen molar-refractivity contribution in [3.8, 4) is 5.88 Å². The molecular formula is C13H21N3O. The molecule has 0 unspecified atom stereocenters. The van der Waals surface area contributed by atoms with E-state index in [2.05, 4.69) is 24.0 Å². The van der Waals surface area contributed by atoms with Gasteiger partial charge in [-0.15, -0.1) is 5.10 Å². The second kappa shape index (κ2) is 5.45. The van der Waals surface area contributed by atoms with Crippen LogP contribution in [0.5, 0.6) is 5.88 Å². The fourth-order valence-corrected chi connectivity index (χ4v) is 2.04. The van der Waals surface area contributed by atoms with Crippen molar-refractivity contribution < 1.29 is 4.74 Å². The highest BCUT2D eigenvalue weighted by molar-refractivity contribution is 5.36. The predicted octanol–water partition coefficient (Wildman–Crippen LogP) is 1.85. The summed E-state index contributed by atoms with van der Waals surface area (Å²) >= 11 is 0. The van der Waals surface area contributed by atoms with Crippen LogP contribution < -0.4 is 10.5 Å². The fourth-order valence-electron chi connectivity index (χ4n) is 2.04. The van der Waals surface area contributed by atoms with Crippen molar-refractivity contribution in [3.05, 3.63) is 16.8 Å². The standard InChI is InChI=1S/C13H21N3O/c1-3-10-11(7-14)13(16-15-12(10)4-2)17-8-9-5-6-9/h9H,3-8,14H2,1-2H3. The van der Waals surface area contributed by atoms with Crippen LogP contribution in [0.25, 0.3) is 0 Å². The minimum absolute atomic E-state index is 0.478. The van der Waals surface area contributed by atoms with Gasteiger partial charge in [-0.25, -0.2) is 0 Å². The molecule has 0 radical (unpaired) electrons. The molecule has 1 saturated carbocycles. The molecule has 0 amide bonds. The summed E-state index contributed by atoms with van der Waals surface area (Å²) < 4.78 is 5.74. The van der Waals surface area contributed by atoms with E-state index in [1.54, 1.807) is 0 Å². The van der Waals surface area contributed by atoms with Gasteiger partial charge in [0.25, 0.3) is 0 Å². The summed E-state index contributed by atoms with van der Waals surface area (Å²) in [5.41, 5.74) is 9.13. The third-order valence-electron chi connectivity index (χ3n) is 3.28. The van der Waals surface area contributed by atoms with E-state index in [1.165, 1.54) is 18.4 Å². The summed E-state index contributed by atoms with van der Waals surface area (Å²) in [6.45, 7) is 5.45. The topological polar surface area (TPSA) is 61.0 Å². The van der Waals surface area contributed by atoms with Crippen LogP contribution in [0.4, 0.5) is 0 Å². The Morgan fingerprint density at radius 2 is 1.94 bits per heavy atom. The lowest BCUT2D eigenvalue weighted by atomic mass is 10.0. The summed E-state index contributed by atoms with van der Waals surface area (Å²) in [5, 5.41) is 8.42. The van der Waals surface area contributed by atoms with Gasteiger partial charge in [-0.3, -0.25) is 0 Å². The number of aromatic nitrogens is 2. The number of hydrogen-bond donors (Lipinski definition) is 1. The lowest BCUT2D eigenvalue weighted by Crippen LogP contribution is -2.13. The highest BCUT2D eigenvalue weighted by Gasteiger charge is 2.23. The van der Waals surface area contributed by atoms with Gasteiger partial charge in [0.15, 0.2) is 0 Å². The summed E-state index contributed by atoms with van der Waals surface area (Å²) in [5.74, 6) is 1.37. The van der Waals surface area contributed by atoms with Gasteiger partial charge in [0.05, 0.1) is 12.3 Å². The van der Waals surface area contributed by atoms with Crippen molar-refractivity contribution in [2.24, 2.45) is 11.7 Å². The Labute approximate surface area is 103 Å². The predicted molar refractivity (Wildman–Crippen MR) is 66.9 cm³/mol. The van der Waals surface area contributed by atoms with Crippen LogP contribution in [-0.2, 0) is 19.4 Å². The van der Waals surface area contributed by atoms with Crippen LogP contribution in [0.1, 0.15) is 43.5 Å². The Morgan fingerprint density at radius 3 is 2.47 bits per heavy atom. The van der Waals surface area contributed by atoms with Crippen molar-refractivity contribution in [2.75, 3.05) is 6.61 Å². The highest BCUT2D eigenvalue weighted by Crippen LogP contribution is 2.30. The van der Waals surface area contributed by atoms with E-state index in [9.17, 15) is 0 Å². The molecule has 0 spiro atoms. The van der Waals surface area contributed by atoms with Crippen LogP contribution in [0.15, 0.2) is 0 Å². The minimum atomic E-state index is 0.478. The van der Waals surface area contributed by atoms with E-state index in [0.717, 1.165) is 36.6 Å². The number of rotatable bonds is 6. The molecule has 4 nitrogen and oxygen atoms in total. The monoisotopic (exact) mass is 235 g/mol. The van der Waals surface area contributed by atoms with Gasteiger partial charge in [0.1, 0.15) is 0 Å². The SMILES string of the molecule is CCc1nnc(OCC2CC2)c(CN)c1CC. The fraction of sp³-hybridized carbons (Fsp3) is 0.692. The van der Waals surface area contributed by atoms with Crippen molar-refractivity contribution in [1.82, 2.24) is 10.2 Å². The number of ether oxygens (including phenoxy) is 1. The quantitative estimate of drug-likeness (QED) is 0.817. The molecule has 2 rings (SSSR count). The van der Waals surface area contributed by atoms with E-state index in [1.807, 2.05) is 0 Å². The first-order valence-corrected chi connectivity index (χ1v) is 6.50. The molecule has 1 heterocycles. The molecule has 1 aromatic heterocycles. The summed E-state index contributed by atoms with van der Waals surface area (Å²) in [6, 6.07) is 0.